The number of unbranched alkanes of at least 4 members (excludes halogenated alkanes) is 1. The highest BCUT2D eigenvalue weighted by atomic mass is 16.7. The lowest BCUT2D eigenvalue weighted by atomic mass is 9.94. The molecule has 0 spiro atoms. The van der Waals surface area contributed by atoms with Gasteiger partial charge in [0.05, 0.1) is 6.54 Å². The van der Waals surface area contributed by atoms with Crippen LogP contribution in [-0.2, 0) is 16.9 Å². The van der Waals surface area contributed by atoms with Gasteiger partial charge in [-0.1, -0.05) is 33.3 Å². The molecule has 10 nitrogen and oxygen atoms in total. The molecule has 0 bridgehead atoms. The number of amides is 1. The van der Waals surface area contributed by atoms with E-state index in [1.165, 1.54) is 9.47 Å². The molecule has 2 heterocycles. The highest BCUT2D eigenvalue weighted by Gasteiger charge is 2.28. The lowest BCUT2D eigenvalue weighted by molar-refractivity contribution is -0.118. The van der Waals surface area contributed by atoms with E-state index < -0.39 is 16.8 Å². The summed E-state index contributed by atoms with van der Waals surface area (Å²) in [6, 6.07) is 5.65. The Morgan fingerprint density at radius 1 is 1.26 bits per heavy atom. The number of nitrogens with two attached hydrogens (primary N) is 1. The van der Waals surface area contributed by atoms with Gasteiger partial charge >= 0.3 is 5.69 Å². The Bertz CT molecular complexity index is 1150. The fraction of sp³-hybridized carbons (Fsp3) is 0.542. The number of H-pyrrole nitrogens is 1. The van der Waals surface area contributed by atoms with Crippen LogP contribution in [-0.4, -0.2) is 35.3 Å². The third-order valence-corrected chi connectivity index (χ3v) is 5.84. The number of anilines is 2. The van der Waals surface area contributed by atoms with Crippen LogP contribution in [0.5, 0.6) is 11.5 Å². The lowest BCUT2D eigenvalue weighted by Crippen LogP contribution is -2.48. The number of hydrogen-bond acceptors (Lipinski definition) is 7. The van der Waals surface area contributed by atoms with Crippen molar-refractivity contribution in [1.29, 1.82) is 0 Å². The van der Waals surface area contributed by atoms with Gasteiger partial charge < -0.3 is 20.1 Å². The van der Waals surface area contributed by atoms with Gasteiger partial charge in [0.15, 0.2) is 17.2 Å². The van der Waals surface area contributed by atoms with Crippen molar-refractivity contribution in [2.24, 2.45) is 5.92 Å². The van der Waals surface area contributed by atoms with Crippen molar-refractivity contribution in [2.45, 2.75) is 59.5 Å². The Kier molecular flexibility index (Phi) is 7.71. The van der Waals surface area contributed by atoms with Gasteiger partial charge in [-0.25, -0.2) is 4.79 Å². The molecule has 10 heteroatoms. The van der Waals surface area contributed by atoms with Gasteiger partial charge in [0.2, 0.25) is 12.7 Å². The third-order valence-electron chi connectivity index (χ3n) is 5.84. The van der Waals surface area contributed by atoms with Gasteiger partial charge in [-0.2, -0.15) is 0 Å². The number of carbonyl (C=O) groups excluding carboxylic acids is 1. The highest BCUT2D eigenvalue weighted by molar-refractivity contribution is 5.96. The smallest absolute Gasteiger partial charge is 0.330 e. The van der Waals surface area contributed by atoms with Crippen molar-refractivity contribution in [3.63, 3.8) is 0 Å². The highest BCUT2D eigenvalue weighted by Crippen LogP contribution is 2.35. The summed E-state index contributed by atoms with van der Waals surface area (Å²) in [7, 11) is 0. The predicted octanol–water partition coefficient (Wildman–Crippen LogP) is 2.16. The maximum Gasteiger partial charge on any atom is 0.330 e. The van der Waals surface area contributed by atoms with Crippen LogP contribution in [0.25, 0.3) is 0 Å². The lowest BCUT2D eigenvalue weighted by Gasteiger charge is -2.30. The first kappa shape index (κ1) is 25.4. The number of carbonyl (C=O) groups is 1. The van der Waals surface area contributed by atoms with Crippen LogP contribution in [0.1, 0.15) is 53.0 Å². The molecular formula is C24H35N5O5. The molecule has 0 radical (unpaired) electrons. The van der Waals surface area contributed by atoms with E-state index in [1.54, 1.807) is 0 Å². The fourth-order valence-electron chi connectivity index (χ4n) is 3.84. The number of hydrogen-bond donors (Lipinski definition) is 3. The SMILES string of the molecule is CCCCN(C(=O)CNC(C)(C)c1ccc2c(c1)OCO2)c1c(N)n(CC(C)C)c(=O)[nH]c1=O. The standard InChI is InChI=1S/C24H35N5O5/c1-6-7-10-28(20-21(25)29(13-15(2)3)23(32)27-22(20)31)19(30)12-26-24(4,5)16-8-9-17-18(11-16)34-14-33-17/h8-9,11,15,26H,6-7,10,12-14,25H2,1-5H3,(H,27,31,32). The number of benzene rings is 1. The number of nitrogens with one attached hydrogen (secondary N) is 2. The first-order chi connectivity index (χ1) is 16.0. The van der Waals surface area contributed by atoms with Gasteiger partial charge in [-0.3, -0.25) is 24.5 Å². The summed E-state index contributed by atoms with van der Waals surface area (Å²) in [5, 5.41) is 3.28. The minimum absolute atomic E-state index is 0.00179. The van der Waals surface area contributed by atoms with Crippen molar-refractivity contribution < 1.29 is 14.3 Å². The van der Waals surface area contributed by atoms with Gasteiger partial charge in [0, 0.05) is 18.6 Å². The molecule has 0 atom stereocenters. The number of aromatic amines is 1. The zero-order chi connectivity index (χ0) is 25.0. The van der Waals surface area contributed by atoms with Gasteiger partial charge in [0.25, 0.3) is 5.56 Å². The topological polar surface area (TPSA) is 132 Å². The van der Waals surface area contributed by atoms with E-state index in [0.29, 0.717) is 31.0 Å². The number of nitrogen functional groups attached to an aromatic ring is 1. The molecule has 1 aromatic carbocycles. The van der Waals surface area contributed by atoms with Crippen molar-refractivity contribution >= 4 is 17.4 Å². The van der Waals surface area contributed by atoms with Gasteiger partial charge in [0.1, 0.15) is 5.82 Å². The second kappa shape index (κ2) is 10.3. The largest absolute Gasteiger partial charge is 0.454 e. The zero-order valence-electron chi connectivity index (χ0n) is 20.6. The molecule has 0 unspecified atom stereocenters. The molecule has 3 rings (SSSR count). The van der Waals surface area contributed by atoms with Gasteiger partial charge in [-0.15, -0.1) is 0 Å². The summed E-state index contributed by atoms with van der Waals surface area (Å²) in [6.45, 7) is 10.6. The van der Waals surface area contributed by atoms with E-state index in [2.05, 4.69) is 10.3 Å². The molecule has 34 heavy (non-hydrogen) atoms. The van der Waals surface area contributed by atoms with Crippen molar-refractivity contribution in [2.75, 3.05) is 30.5 Å². The predicted molar refractivity (Wildman–Crippen MR) is 131 cm³/mol. The van der Waals surface area contributed by atoms with Crippen LogP contribution < -0.4 is 36.7 Å². The number of nitrogens with zero attached hydrogens (tertiary/aromatic N) is 2. The summed E-state index contributed by atoms with van der Waals surface area (Å²) in [4.78, 5) is 42.2. The Labute approximate surface area is 199 Å². The van der Waals surface area contributed by atoms with E-state index >= 15 is 0 Å². The van der Waals surface area contributed by atoms with Crippen LogP contribution in [0.2, 0.25) is 0 Å². The van der Waals surface area contributed by atoms with E-state index in [9.17, 15) is 14.4 Å². The van der Waals surface area contributed by atoms with Crippen molar-refractivity contribution in [1.82, 2.24) is 14.9 Å². The van der Waals surface area contributed by atoms with Gasteiger partial charge in [-0.05, 0) is 43.9 Å². The zero-order valence-corrected chi connectivity index (χ0v) is 20.6. The first-order valence-corrected chi connectivity index (χ1v) is 11.6. The average molecular weight is 474 g/mol. The summed E-state index contributed by atoms with van der Waals surface area (Å²) in [5.74, 6) is 1.17. The molecule has 0 saturated heterocycles. The molecular weight excluding hydrogens is 438 g/mol. The summed E-state index contributed by atoms with van der Waals surface area (Å²) in [5.41, 5.74) is 5.40. The minimum Gasteiger partial charge on any atom is -0.454 e. The summed E-state index contributed by atoms with van der Waals surface area (Å²) in [6.07, 6.45) is 1.50. The molecule has 1 aliphatic rings. The molecule has 2 aromatic rings. The van der Waals surface area contributed by atoms with E-state index in [-0.39, 0.29) is 36.7 Å². The summed E-state index contributed by atoms with van der Waals surface area (Å²) >= 11 is 0. The molecule has 4 N–H and O–H groups in total. The van der Waals surface area contributed by atoms with Crippen LogP contribution in [0, 0.1) is 5.92 Å². The number of ether oxygens (including phenoxy) is 2. The summed E-state index contributed by atoms with van der Waals surface area (Å²) < 4.78 is 12.2. The molecule has 1 amide bonds. The monoisotopic (exact) mass is 473 g/mol. The molecule has 186 valence electrons. The van der Waals surface area contributed by atoms with Crippen molar-refractivity contribution in [3.8, 4) is 11.5 Å². The number of rotatable bonds is 10. The normalized spacial score (nSPS) is 12.9. The van der Waals surface area contributed by atoms with E-state index in [4.69, 9.17) is 15.2 Å². The molecule has 0 fully saturated rings. The van der Waals surface area contributed by atoms with Crippen LogP contribution in [0.15, 0.2) is 27.8 Å². The molecule has 0 aliphatic carbocycles. The second-order valence-electron chi connectivity index (χ2n) is 9.44. The quantitative estimate of drug-likeness (QED) is 0.482. The van der Waals surface area contributed by atoms with Crippen LogP contribution >= 0.6 is 0 Å². The van der Waals surface area contributed by atoms with Crippen molar-refractivity contribution in [3.05, 3.63) is 44.6 Å². The Morgan fingerprint density at radius 2 is 1.97 bits per heavy atom. The molecule has 1 aliphatic heterocycles. The number of fused-ring (bicyclic) bond motifs is 1. The minimum atomic E-state index is -0.665. The Hall–Kier alpha value is -3.27. The maximum absolute atomic E-state index is 13.4. The fourth-order valence-corrected chi connectivity index (χ4v) is 3.84. The van der Waals surface area contributed by atoms with Crippen LogP contribution in [0.4, 0.5) is 11.5 Å². The second-order valence-corrected chi connectivity index (χ2v) is 9.44. The number of aromatic nitrogens is 2. The third kappa shape index (κ3) is 5.44. The maximum atomic E-state index is 13.4. The van der Waals surface area contributed by atoms with E-state index in [0.717, 1.165) is 12.0 Å². The van der Waals surface area contributed by atoms with Crippen LogP contribution in [0.3, 0.4) is 0 Å². The first-order valence-electron chi connectivity index (χ1n) is 11.6. The molecule has 0 saturated carbocycles. The van der Waals surface area contributed by atoms with E-state index in [1.807, 2.05) is 52.8 Å². The molecule has 1 aromatic heterocycles. The average Bonchev–Trinajstić information content (AvgIpc) is 3.25. The Morgan fingerprint density at radius 3 is 2.65 bits per heavy atom. The Balaban J connectivity index is 1.86.